The van der Waals surface area contributed by atoms with Crippen LogP contribution in [0, 0.1) is 0 Å². The van der Waals surface area contributed by atoms with Crippen LogP contribution in [0.25, 0.3) is 0 Å². The van der Waals surface area contributed by atoms with Crippen molar-refractivity contribution < 1.29 is 14.6 Å². The highest BCUT2D eigenvalue weighted by Crippen LogP contribution is 2.08. The van der Waals surface area contributed by atoms with Crippen LogP contribution in [0.4, 0.5) is 0 Å². The molecule has 60 valence electrons. The monoisotopic (exact) mass is 210 g/mol. The Morgan fingerprint density at radius 3 is 2.60 bits per heavy atom. The van der Waals surface area contributed by atoms with Crippen molar-refractivity contribution in [2.45, 2.75) is 19.4 Å². The van der Waals surface area contributed by atoms with Crippen LogP contribution in [0.5, 0.6) is 0 Å². The van der Waals surface area contributed by atoms with Crippen LogP contribution >= 0.6 is 15.9 Å². The summed E-state index contributed by atoms with van der Waals surface area (Å²) in [5, 5.41) is 9.39. The summed E-state index contributed by atoms with van der Waals surface area (Å²) in [4.78, 5) is 10.8. The Balaban J connectivity index is 3.91. The molecular formula is C6H11BrO3. The van der Waals surface area contributed by atoms with Crippen LogP contribution in [0.1, 0.15) is 13.8 Å². The third kappa shape index (κ3) is 2.66. The molecule has 0 aliphatic rings. The fourth-order valence-electron chi connectivity index (χ4n) is 0.341. The highest BCUT2D eigenvalue weighted by atomic mass is 79.9. The second-order valence-corrected chi connectivity index (χ2v) is 2.69. The summed E-state index contributed by atoms with van der Waals surface area (Å²) >= 11 is 2.99. The van der Waals surface area contributed by atoms with E-state index in [1.807, 2.05) is 0 Å². The molecule has 0 aromatic rings. The average Bonchev–Trinajstić information content (AvgIpc) is 1.89. The van der Waals surface area contributed by atoms with Crippen molar-refractivity contribution in [1.29, 1.82) is 0 Å². The van der Waals surface area contributed by atoms with Crippen molar-refractivity contribution in [2.24, 2.45) is 0 Å². The fourth-order valence-corrected chi connectivity index (χ4v) is 0.570. The zero-order chi connectivity index (χ0) is 8.20. The van der Waals surface area contributed by atoms with Gasteiger partial charge in [-0.2, -0.15) is 0 Å². The molecule has 0 aromatic carbocycles. The van der Waals surface area contributed by atoms with Gasteiger partial charge in [0.05, 0.1) is 6.61 Å². The van der Waals surface area contributed by atoms with E-state index in [9.17, 15) is 9.90 Å². The topological polar surface area (TPSA) is 46.5 Å². The van der Waals surface area contributed by atoms with Crippen LogP contribution in [-0.2, 0) is 9.53 Å². The number of halogens is 1. The van der Waals surface area contributed by atoms with E-state index in [4.69, 9.17) is 0 Å². The van der Waals surface area contributed by atoms with E-state index < -0.39 is 11.6 Å². The van der Waals surface area contributed by atoms with E-state index in [1.165, 1.54) is 6.92 Å². The summed E-state index contributed by atoms with van der Waals surface area (Å²) in [7, 11) is 0. The zero-order valence-electron chi connectivity index (χ0n) is 6.06. The number of hydrogen-bond acceptors (Lipinski definition) is 3. The molecule has 0 saturated heterocycles. The van der Waals surface area contributed by atoms with Crippen LogP contribution in [0.2, 0.25) is 0 Å². The quantitative estimate of drug-likeness (QED) is 0.552. The standard InChI is InChI=1S/C6H11BrO3/c1-3-10-5(8)6(2,9)4-7/h9H,3-4H2,1-2H3/t6-/m0/s1. The maximum absolute atomic E-state index is 10.8. The Morgan fingerprint density at radius 2 is 2.30 bits per heavy atom. The Hall–Kier alpha value is -0.0900. The van der Waals surface area contributed by atoms with Crippen LogP contribution in [0.15, 0.2) is 0 Å². The molecule has 1 N–H and O–H groups in total. The summed E-state index contributed by atoms with van der Waals surface area (Å²) in [6.07, 6.45) is 0. The van der Waals surface area contributed by atoms with Crippen molar-refractivity contribution in [1.82, 2.24) is 0 Å². The number of carbonyl (C=O) groups excluding carboxylic acids is 1. The first kappa shape index (κ1) is 9.91. The minimum absolute atomic E-state index is 0.193. The third-order valence-corrected chi connectivity index (χ3v) is 2.07. The van der Waals surface area contributed by atoms with Gasteiger partial charge in [-0.25, -0.2) is 4.79 Å². The first-order chi connectivity index (χ1) is 4.54. The van der Waals surface area contributed by atoms with E-state index in [1.54, 1.807) is 6.92 Å². The maximum Gasteiger partial charge on any atom is 0.338 e. The van der Waals surface area contributed by atoms with E-state index in [-0.39, 0.29) is 5.33 Å². The molecule has 0 aliphatic carbocycles. The van der Waals surface area contributed by atoms with Gasteiger partial charge in [-0.3, -0.25) is 0 Å². The Labute approximate surface area is 68.5 Å². The highest BCUT2D eigenvalue weighted by molar-refractivity contribution is 9.09. The second-order valence-electron chi connectivity index (χ2n) is 2.13. The summed E-state index contributed by atoms with van der Waals surface area (Å²) in [6, 6.07) is 0. The van der Waals surface area contributed by atoms with Gasteiger partial charge in [0.15, 0.2) is 5.60 Å². The molecule has 1 atom stereocenters. The fraction of sp³-hybridized carbons (Fsp3) is 0.833. The van der Waals surface area contributed by atoms with Crippen molar-refractivity contribution in [3.63, 3.8) is 0 Å². The zero-order valence-corrected chi connectivity index (χ0v) is 7.64. The van der Waals surface area contributed by atoms with Crippen molar-refractivity contribution >= 4 is 21.9 Å². The maximum atomic E-state index is 10.8. The summed E-state index contributed by atoms with van der Waals surface area (Å²) < 4.78 is 4.58. The molecule has 0 aromatic heterocycles. The first-order valence-corrected chi connectivity index (χ1v) is 4.12. The van der Waals surface area contributed by atoms with E-state index >= 15 is 0 Å². The lowest BCUT2D eigenvalue weighted by Crippen LogP contribution is -2.38. The summed E-state index contributed by atoms with van der Waals surface area (Å²) in [5.74, 6) is -0.591. The summed E-state index contributed by atoms with van der Waals surface area (Å²) in [5.41, 5.74) is -1.39. The van der Waals surface area contributed by atoms with Gasteiger partial charge in [-0.1, -0.05) is 15.9 Å². The molecule has 0 spiro atoms. The minimum Gasteiger partial charge on any atom is -0.464 e. The minimum atomic E-state index is -1.39. The lowest BCUT2D eigenvalue weighted by atomic mass is 10.1. The van der Waals surface area contributed by atoms with Crippen LogP contribution < -0.4 is 0 Å². The predicted octanol–water partition coefficient (Wildman–Crippen LogP) is 0.695. The van der Waals surface area contributed by atoms with E-state index in [0.29, 0.717) is 6.61 Å². The molecule has 0 saturated carbocycles. The molecule has 0 heterocycles. The van der Waals surface area contributed by atoms with Crippen molar-refractivity contribution in [3.8, 4) is 0 Å². The average molecular weight is 211 g/mol. The van der Waals surface area contributed by atoms with Crippen molar-refractivity contribution in [3.05, 3.63) is 0 Å². The molecule has 0 unspecified atom stereocenters. The first-order valence-electron chi connectivity index (χ1n) is 3.00. The van der Waals surface area contributed by atoms with Gasteiger partial charge in [-0.15, -0.1) is 0 Å². The number of ether oxygens (including phenoxy) is 1. The van der Waals surface area contributed by atoms with Gasteiger partial charge in [0.2, 0.25) is 0 Å². The molecule has 0 aliphatic heterocycles. The third-order valence-electron chi connectivity index (χ3n) is 0.975. The number of alkyl halides is 1. The van der Waals surface area contributed by atoms with Gasteiger partial charge < -0.3 is 9.84 Å². The molecular weight excluding hydrogens is 200 g/mol. The predicted molar refractivity (Wildman–Crippen MR) is 41.1 cm³/mol. The van der Waals surface area contributed by atoms with Gasteiger partial charge in [0.1, 0.15) is 0 Å². The molecule has 3 nitrogen and oxygen atoms in total. The molecule has 0 bridgehead atoms. The molecule has 0 radical (unpaired) electrons. The molecule has 0 rings (SSSR count). The Morgan fingerprint density at radius 1 is 1.80 bits per heavy atom. The lowest BCUT2D eigenvalue weighted by molar-refractivity contribution is -0.160. The van der Waals surface area contributed by atoms with Crippen LogP contribution in [-0.4, -0.2) is 28.6 Å². The number of esters is 1. The molecule has 4 heteroatoms. The molecule has 10 heavy (non-hydrogen) atoms. The molecule has 0 amide bonds. The van der Waals surface area contributed by atoms with Gasteiger partial charge in [-0.05, 0) is 13.8 Å². The van der Waals surface area contributed by atoms with Gasteiger partial charge in [0.25, 0.3) is 0 Å². The number of carbonyl (C=O) groups is 1. The Bertz CT molecular complexity index is 122. The largest absolute Gasteiger partial charge is 0.464 e. The smallest absolute Gasteiger partial charge is 0.338 e. The highest BCUT2D eigenvalue weighted by Gasteiger charge is 2.30. The van der Waals surface area contributed by atoms with Gasteiger partial charge in [0, 0.05) is 5.33 Å². The normalized spacial score (nSPS) is 16.0. The van der Waals surface area contributed by atoms with Gasteiger partial charge >= 0.3 is 5.97 Å². The second kappa shape index (κ2) is 3.93. The van der Waals surface area contributed by atoms with Crippen LogP contribution in [0.3, 0.4) is 0 Å². The van der Waals surface area contributed by atoms with E-state index in [2.05, 4.69) is 20.7 Å². The summed E-state index contributed by atoms with van der Waals surface area (Å²) in [6.45, 7) is 3.39. The number of hydrogen-bond donors (Lipinski definition) is 1. The number of aliphatic hydroxyl groups is 1. The van der Waals surface area contributed by atoms with Crippen molar-refractivity contribution in [2.75, 3.05) is 11.9 Å². The Kier molecular flexibility index (Phi) is 3.89. The SMILES string of the molecule is CCOC(=O)[C@@](C)(O)CBr. The lowest BCUT2D eigenvalue weighted by Gasteiger charge is -2.17. The number of rotatable bonds is 3. The molecule has 0 fully saturated rings. The van der Waals surface area contributed by atoms with E-state index in [0.717, 1.165) is 0 Å².